The summed E-state index contributed by atoms with van der Waals surface area (Å²) >= 11 is 0. The van der Waals surface area contributed by atoms with Crippen LogP contribution in [-0.4, -0.2) is 25.5 Å². The lowest BCUT2D eigenvalue weighted by atomic mass is 10.0. The molecule has 1 aliphatic heterocycles. The smallest absolute Gasteiger partial charge is 0.221 e. The Morgan fingerprint density at radius 1 is 1.21 bits per heavy atom. The molecule has 1 fully saturated rings. The molecular weight excluding hydrogens is 250 g/mol. The Bertz CT molecular complexity index is 465. The van der Waals surface area contributed by atoms with Crippen molar-refractivity contribution in [2.75, 3.05) is 24.5 Å². The topological polar surface area (TPSA) is 32.3 Å². The molecule has 0 unspecified atom stereocenters. The zero-order chi connectivity index (χ0) is 14.0. The summed E-state index contributed by atoms with van der Waals surface area (Å²) in [7, 11) is 0. The van der Waals surface area contributed by atoms with Crippen LogP contribution in [0.4, 0.5) is 14.5 Å². The highest BCUT2D eigenvalue weighted by atomic mass is 19.1. The van der Waals surface area contributed by atoms with Crippen molar-refractivity contribution in [1.29, 1.82) is 0 Å². The Labute approximate surface area is 111 Å². The van der Waals surface area contributed by atoms with Crippen LogP contribution >= 0.6 is 0 Å². The second-order valence-electron chi connectivity index (χ2n) is 5.07. The summed E-state index contributed by atoms with van der Waals surface area (Å²) < 4.78 is 28.2. The molecule has 5 heteroatoms. The molecular formula is C14H18F2N2O. The van der Waals surface area contributed by atoms with Crippen molar-refractivity contribution in [1.82, 2.24) is 5.32 Å². The predicted octanol–water partition coefficient (Wildman–Crippen LogP) is 2.41. The van der Waals surface area contributed by atoms with Crippen LogP contribution in [0.25, 0.3) is 0 Å². The van der Waals surface area contributed by atoms with Crippen LogP contribution in [0, 0.1) is 11.6 Å². The Morgan fingerprint density at radius 3 is 2.42 bits per heavy atom. The van der Waals surface area contributed by atoms with E-state index in [-0.39, 0.29) is 23.9 Å². The van der Waals surface area contributed by atoms with E-state index in [4.69, 9.17) is 0 Å². The molecule has 2 rings (SSSR count). The number of hydrogen-bond acceptors (Lipinski definition) is 2. The van der Waals surface area contributed by atoms with E-state index in [0.29, 0.717) is 25.2 Å². The van der Waals surface area contributed by atoms with Crippen LogP contribution < -0.4 is 10.2 Å². The standard InChI is InChI=1S/C14H18F2N2O/c1-9(2)10-7-11(15)14(12(16)8-10)18-5-3-13(19)17-4-6-18/h7-9H,3-6H2,1-2H3,(H,17,19). The summed E-state index contributed by atoms with van der Waals surface area (Å²) in [5, 5.41) is 2.69. The molecule has 1 heterocycles. The molecule has 1 saturated heterocycles. The van der Waals surface area contributed by atoms with Crippen LogP contribution in [0.15, 0.2) is 12.1 Å². The number of nitrogens with zero attached hydrogens (tertiary/aromatic N) is 1. The van der Waals surface area contributed by atoms with Crippen molar-refractivity contribution >= 4 is 11.6 Å². The first kappa shape index (κ1) is 13.8. The molecule has 0 bridgehead atoms. The normalized spacial score (nSPS) is 16.5. The molecule has 1 N–H and O–H groups in total. The third-order valence-corrected chi connectivity index (χ3v) is 3.33. The Hall–Kier alpha value is -1.65. The summed E-state index contributed by atoms with van der Waals surface area (Å²) in [4.78, 5) is 12.8. The maximum Gasteiger partial charge on any atom is 0.221 e. The molecule has 0 aromatic heterocycles. The number of carbonyl (C=O) groups excluding carboxylic acids is 1. The van der Waals surface area contributed by atoms with Gasteiger partial charge in [0.05, 0.1) is 0 Å². The quantitative estimate of drug-likeness (QED) is 0.893. The number of rotatable bonds is 2. The lowest BCUT2D eigenvalue weighted by molar-refractivity contribution is -0.120. The lowest BCUT2D eigenvalue weighted by Crippen LogP contribution is -2.29. The monoisotopic (exact) mass is 268 g/mol. The SMILES string of the molecule is CC(C)c1cc(F)c(N2CCNC(=O)CC2)c(F)c1. The summed E-state index contributed by atoms with van der Waals surface area (Å²) in [6.07, 6.45) is 0.255. The minimum atomic E-state index is -0.557. The van der Waals surface area contributed by atoms with Gasteiger partial charge in [-0.05, 0) is 23.6 Å². The van der Waals surface area contributed by atoms with Crippen LogP contribution in [-0.2, 0) is 4.79 Å². The van der Waals surface area contributed by atoms with Gasteiger partial charge < -0.3 is 10.2 Å². The van der Waals surface area contributed by atoms with Crippen molar-refractivity contribution in [3.8, 4) is 0 Å². The first-order valence-electron chi connectivity index (χ1n) is 6.49. The third kappa shape index (κ3) is 3.03. The van der Waals surface area contributed by atoms with Crippen molar-refractivity contribution < 1.29 is 13.6 Å². The average molecular weight is 268 g/mol. The van der Waals surface area contributed by atoms with Gasteiger partial charge in [0, 0.05) is 26.1 Å². The number of benzene rings is 1. The van der Waals surface area contributed by atoms with E-state index in [1.807, 2.05) is 13.8 Å². The second kappa shape index (κ2) is 5.55. The van der Waals surface area contributed by atoms with Crippen molar-refractivity contribution in [2.24, 2.45) is 0 Å². The Kier molecular flexibility index (Phi) is 4.02. The molecule has 1 aromatic carbocycles. The van der Waals surface area contributed by atoms with Crippen molar-refractivity contribution in [3.63, 3.8) is 0 Å². The summed E-state index contributed by atoms with van der Waals surface area (Å²) in [6.45, 7) is 4.94. The summed E-state index contributed by atoms with van der Waals surface area (Å²) in [5.74, 6) is -1.12. The van der Waals surface area contributed by atoms with E-state index in [1.54, 1.807) is 4.90 Å². The fourth-order valence-corrected chi connectivity index (χ4v) is 2.21. The molecule has 0 saturated carbocycles. The molecule has 1 aromatic rings. The van der Waals surface area contributed by atoms with E-state index in [9.17, 15) is 13.6 Å². The fraction of sp³-hybridized carbons (Fsp3) is 0.500. The largest absolute Gasteiger partial charge is 0.365 e. The fourth-order valence-electron chi connectivity index (χ4n) is 2.21. The van der Waals surface area contributed by atoms with Crippen LogP contribution in [0.1, 0.15) is 31.7 Å². The first-order valence-corrected chi connectivity index (χ1v) is 6.49. The zero-order valence-electron chi connectivity index (χ0n) is 11.2. The van der Waals surface area contributed by atoms with Gasteiger partial charge in [-0.15, -0.1) is 0 Å². The van der Waals surface area contributed by atoms with Crippen molar-refractivity contribution in [2.45, 2.75) is 26.2 Å². The van der Waals surface area contributed by atoms with Gasteiger partial charge in [-0.2, -0.15) is 0 Å². The maximum atomic E-state index is 14.1. The number of anilines is 1. The maximum absolute atomic E-state index is 14.1. The first-order chi connectivity index (χ1) is 8.99. The van der Waals surface area contributed by atoms with Gasteiger partial charge in [0.15, 0.2) is 0 Å². The van der Waals surface area contributed by atoms with Crippen LogP contribution in [0.5, 0.6) is 0 Å². The highest BCUT2D eigenvalue weighted by Crippen LogP contribution is 2.28. The van der Waals surface area contributed by atoms with Gasteiger partial charge in [-0.25, -0.2) is 8.78 Å². The molecule has 0 radical (unpaired) electrons. The number of nitrogens with one attached hydrogen (secondary N) is 1. The lowest BCUT2D eigenvalue weighted by Gasteiger charge is -2.23. The minimum absolute atomic E-state index is 0.0269. The van der Waals surface area contributed by atoms with E-state index < -0.39 is 11.6 Å². The number of halogens is 2. The Balaban J connectivity index is 2.31. The van der Waals surface area contributed by atoms with Gasteiger partial charge in [0.25, 0.3) is 0 Å². The van der Waals surface area contributed by atoms with Crippen molar-refractivity contribution in [3.05, 3.63) is 29.3 Å². The highest BCUT2D eigenvalue weighted by molar-refractivity contribution is 5.77. The molecule has 0 spiro atoms. The molecule has 3 nitrogen and oxygen atoms in total. The van der Waals surface area contributed by atoms with E-state index in [2.05, 4.69) is 5.32 Å². The molecule has 1 aliphatic rings. The number of hydrogen-bond donors (Lipinski definition) is 1. The van der Waals surface area contributed by atoms with E-state index in [0.717, 1.165) is 0 Å². The minimum Gasteiger partial charge on any atom is -0.365 e. The molecule has 104 valence electrons. The Morgan fingerprint density at radius 2 is 1.84 bits per heavy atom. The molecule has 0 aliphatic carbocycles. The van der Waals surface area contributed by atoms with Gasteiger partial charge >= 0.3 is 0 Å². The van der Waals surface area contributed by atoms with Crippen LogP contribution in [0.3, 0.4) is 0 Å². The zero-order valence-corrected chi connectivity index (χ0v) is 11.2. The molecule has 19 heavy (non-hydrogen) atoms. The van der Waals surface area contributed by atoms with Gasteiger partial charge in [-0.1, -0.05) is 13.8 Å². The summed E-state index contributed by atoms with van der Waals surface area (Å²) in [5.41, 5.74) is 0.615. The second-order valence-corrected chi connectivity index (χ2v) is 5.07. The van der Waals surface area contributed by atoms with Gasteiger partial charge in [-0.3, -0.25) is 4.79 Å². The predicted molar refractivity (Wildman–Crippen MR) is 70.3 cm³/mol. The van der Waals surface area contributed by atoms with E-state index >= 15 is 0 Å². The third-order valence-electron chi connectivity index (χ3n) is 3.33. The summed E-state index contributed by atoms with van der Waals surface area (Å²) in [6, 6.07) is 2.76. The van der Waals surface area contributed by atoms with Gasteiger partial charge in [0.1, 0.15) is 17.3 Å². The average Bonchev–Trinajstić information content (AvgIpc) is 2.53. The number of carbonyl (C=O) groups is 1. The molecule has 1 amide bonds. The van der Waals surface area contributed by atoms with E-state index in [1.165, 1.54) is 12.1 Å². The van der Waals surface area contributed by atoms with Gasteiger partial charge in [0.2, 0.25) is 5.91 Å². The molecule has 0 atom stereocenters. The number of amides is 1. The highest BCUT2D eigenvalue weighted by Gasteiger charge is 2.21. The van der Waals surface area contributed by atoms with Crippen LogP contribution in [0.2, 0.25) is 0 Å².